The quantitative estimate of drug-likeness (QED) is 0.730. The first-order chi connectivity index (χ1) is 6.68. The molecule has 2 N–H and O–H groups in total. The van der Waals surface area contributed by atoms with Crippen molar-refractivity contribution in [1.82, 2.24) is 9.78 Å². The van der Waals surface area contributed by atoms with Crippen LogP contribution in [0.2, 0.25) is 0 Å². The fraction of sp³-hybridized carbons (Fsp3) is 0.667. The number of aryl methyl sites for hydroxylation is 1. The lowest BCUT2D eigenvalue weighted by Gasteiger charge is -2.30. The van der Waals surface area contributed by atoms with Gasteiger partial charge in [-0.2, -0.15) is 5.10 Å². The van der Waals surface area contributed by atoms with Gasteiger partial charge >= 0.3 is 0 Å². The number of hydrogen-bond donors (Lipinski definition) is 1. The van der Waals surface area contributed by atoms with Crippen LogP contribution >= 0.6 is 0 Å². The van der Waals surface area contributed by atoms with E-state index >= 15 is 0 Å². The van der Waals surface area contributed by atoms with Crippen molar-refractivity contribution in [3.05, 3.63) is 6.20 Å². The summed E-state index contributed by atoms with van der Waals surface area (Å²) < 4.78 is 14.9. The summed E-state index contributed by atoms with van der Waals surface area (Å²) in [6, 6.07) is 0. The standard InChI is InChI=1S/C9H15FN4/c1-13-9(8(11)5-12-13)14-4-2-3-7(10)6-14/h5,7H,2-4,6,11H2,1H3. The van der Waals surface area contributed by atoms with Crippen LogP contribution in [0.15, 0.2) is 6.20 Å². The zero-order valence-electron chi connectivity index (χ0n) is 8.28. The third-order valence-corrected chi connectivity index (χ3v) is 2.60. The molecule has 1 saturated heterocycles. The van der Waals surface area contributed by atoms with Crippen LogP contribution < -0.4 is 10.6 Å². The Balaban J connectivity index is 2.21. The summed E-state index contributed by atoms with van der Waals surface area (Å²) in [6.07, 6.45) is 2.41. The second-order valence-electron chi connectivity index (χ2n) is 3.73. The molecule has 0 amide bonds. The van der Waals surface area contributed by atoms with E-state index in [1.807, 2.05) is 11.9 Å². The van der Waals surface area contributed by atoms with Gasteiger partial charge in [0, 0.05) is 13.6 Å². The van der Waals surface area contributed by atoms with Gasteiger partial charge in [-0.1, -0.05) is 0 Å². The zero-order valence-corrected chi connectivity index (χ0v) is 8.28. The number of alkyl halides is 1. The molecular weight excluding hydrogens is 183 g/mol. The molecule has 1 aliphatic rings. The number of halogens is 1. The van der Waals surface area contributed by atoms with Crippen LogP contribution in [-0.2, 0) is 7.05 Å². The van der Waals surface area contributed by atoms with E-state index in [4.69, 9.17) is 5.73 Å². The van der Waals surface area contributed by atoms with Gasteiger partial charge in [0.2, 0.25) is 0 Å². The minimum Gasteiger partial charge on any atom is -0.394 e. The number of nitrogens with zero attached hydrogens (tertiary/aromatic N) is 3. The first-order valence-electron chi connectivity index (χ1n) is 4.85. The van der Waals surface area contributed by atoms with Crippen molar-refractivity contribution >= 4 is 11.5 Å². The molecule has 78 valence electrons. The fourth-order valence-electron chi connectivity index (χ4n) is 1.95. The Hall–Kier alpha value is -1.26. The van der Waals surface area contributed by atoms with Gasteiger partial charge in [0.1, 0.15) is 12.0 Å². The highest BCUT2D eigenvalue weighted by Gasteiger charge is 2.22. The lowest BCUT2D eigenvalue weighted by Crippen LogP contribution is -2.37. The summed E-state index contributed by atoms with van der Waals surface area (Å²) in [7, 11) is 1.83. The molecule has 0 saturated carbocycles. The van der Waals surface area contributed by atoms with Crippen LogP contribution in [0.3, 0.4) is 0 Å². The molecule has 1 unspecified atom stereocenters. The molecule has 0 aromatic carbocycles. The van der Waals surface area contributed by atoms with E-state index in [2.05, 4.69) is 5.10 Å². The van der Waals surface area contributed by atoms with Crippen LogP contribution in [0.1, 0.15) is 12.8 Å². The maximum Gasteiger partial charge on any atom is 0.150 e. The summed E-state index contributed by atoms with van der Waals surface area (Å²) >= 11 is 0. The zero-order chi connectivity index (χ0) is 10.1. The molecule has 1 aliphatic heterocycles. The second-order valence-corrected chi connectivity index (χ2v) is 3.73. The average molecular weight is 198 g/mol. The topological polar surface area (TPSA) is 47.1 Å². The second kappa shape index (κ2) is 3.48. The monoisotopic (exact) mass is 198 g/mol. The maximum atomic E-state index is 13.2. The van der Waals surface area contributed by atoms with E-state index in [1.54, 1.807) is 10.9 Å². The molecule has 0 radical (unpaired) electrons. The minimum absolute atomic E-state index is 0.434. The molecule has 5 heteroatoms. The van der Waals surface area contributed by atoms with E-state index in [-0.39, 0.29) is 0 Å². The predicted octanol–water partition coefficient (Wildman–Crippen LogP) is 0.941. The fourth-order valence-corrected chi connectivity index (χ4v) is 1.95. The Morgan fingerprint density at radius 2 is 2.43 bits per heavy atom. The summed E-state index contributed by atoms with van der Waals surface area (Å²) in [5.74, 6) is 0.840. The van der Waals surface area contributed by atoms with Crippen LogP contribution in [0.4, 0.5) is 15.9 Å². The van der Waals surface area contributed by atoms with Gasteiger partial charge in [0.15, 0.2) is 0 Å². The van der Waals surface area contributed by atoms with E-state index in [0.29, 0.717) is 18.7 Å². The number of hydrogen-bond acceptors (Lipinski definition) is 3. The van der Waals surface area contributed by atoms with Crippen molar-refractivity contribution < 1.29 is 4.39 Å². The molecule has 1 atom stereocenters. The predicted molar refractivity (Wildman–Crippen MR) is 54.0 cm³/mol. The number of rotatable bonds is 1. The molecule has 1 aromatic rings. The Morgan fingerprint density at radius 3 is 3.00 bits per heavy atom. The van der Waals surface area contributed by atoms with E-state index in [9.17, 15) is 4.39 Å². The van der Waals surface area contributed by atoms with Crippen molar-refractivity contribution in [2.75, 3.05) is 23.7 Å². The number of nitrogens with two attached hydrogens (primary N) is 1. The van der Waals surface area contributed by atoms with Crippen LogP contribution in [0.25, 0.3) is 0 Å². The molecule has 1 aromatic heterocycles. The molecule has 1 fully saturated rings. The van der Waals surface area contributed by atoms with Gasteiger partial charge in [-0.3, -0.25) is 4.68 Å². The van der Waals surface area contributed by atoms with Gasteiger partial charge in [-0.25, -0.2) is 4.39 Å². The van der Waals surface area contributed by atoms with Crippen LogP contribution in [0.5, 0.6) is 0 Å². The molecule has 14 heavy (non-hydrogen) atoms. The SMILES string of the molecule is Cn1ncc(N)c1N1CCCC(F)C1. The summed E-state index contributed by atoms with van der Waals surface area (Å²) in [5, 5.41) is 4.04. The van der Waals surface area contributed by atoms with Crippen molar-refractivity contribution in [3.8, 4) is 0 Å². The normalized spacial score (nSPS) is 22.7. The van der Waals surface area contributed by atoms with Crippen molar-refractivity contribution in [2.24, 2.45) is 7.05 Å². The van der Waals surface area contributed by atoms with Crippen LogP contribution in [0, 0.1) is 0 Å². The van der Waals surface area contributed by atoms with Crippen molar-refractivity contribution in [2.45, 2.75) is 19.0 Å². The smallest absolute Gasteiger partial charge is 0.150 e. The van der Waals surface area contributed by atoms with Crippen molar-refractivity contribution in [3.63, 3.8) is 0 Å². The lowest BCUT2D eigenvalue weighted by atomic mass is 10.1. The van der Waals surface area contributed by atoms with Gasteiger partial charge < -0.3 is 10.6 Å². The highest BCUT2D eigenvalue weighted by atomic mass is 19.1. The first-order valence-corrected chi connectivity index (χ1v) is 4.85. The molecule has 0 spiro atoms. The Morgan fingerprint density at radius 1 is 1.64 bits per heavy atom. The van der Waals surface area contributed by atoms with E-state index in [1.165, 1.54) is 0 Å². The van der Waals surface area contributed by atoms with Gasteiger partial charge in [0.05, 0.1) is 18.4 Å². The minimum atomic E-state index is -0.738. The Bertz CT molecular complexity index is 303. The molecule has 2 rings (SSSR count). The molecule has 4 nitrogen and oxygen atoms in total. The number of piperidine rings is 1. The maximum absolute atomic E-state index is 13.2. The number of nitrogen functional groups attached to an aromatic ring is 1. The Kier molecular flexibility index (Phi) is 2.31. The van der Waals surface area contributed by atoms with Gasteiger partial charge in [-0.15, -0.1) is 0 Å². The summed E-state index contributed by atoms with van der Waals surface area (Å²) in [5.41, 5.74) is 6.40. The molecular formula is C9H15FN4. The third-order valence-electron chi connectivity index (χ3n) is 2.60. The summed E-state index contributed by atoms with van der Waals surface area (Å²) in [4.78, 5) is 1.97. The largest absolute Gasteiger partial charge is 0.394 e. The van der Waals surface area contributed by atoms with E-state index in [0.717, 1.165) is 18.8 Å². The molecule has 0 bridgehead atoms. The van der Waals surface area contributed by atoms with Crippen molar-refractivity contribution in [1.29, 1.82) is 0 Å². The van der Waals surface area contributed by atoms with Crippen LogP contribution in [-0.4, -0.2) is 29.0 Å². The summed E-state index contributed by atoms with van der Waals surface area (Å²) in [6.45, 7) is 1.30. The average Bonchev–Trinajstić information content (AvgIpc) is 2.46. The number of aromatic nitrogens is 2. The van der Waals surface area contributed by atoms with Gasteiger partial charge in [-0.05, 0) is 12.8 Å². The molecule has 0 aliphatic carbocycles. The van der Waals surface area contributed by atoms with Gasteiger partial charge in [0.25, 0.3) is 0 Å². The molecule has 2 heterocycles. The number of anilines is 2. The highest BCUT2D eigenvalue weighted by molar-refractivity contribution is 5.62. The third kappa shape index (κ3) is 1.54. The highest BCUT2D eigenvalue weighted by Crippen LogP contribution is 2.25. The lowest BCUT2D eigenvalue weighted by molar-refractivity contribution is 0.285. The first kappa shape index (κ1) is 9.30. The van der Waals surface area contributed by atoms with E-state index < -0.39 is 6.17 Å². The Labute approximate surface area is 82.5 Å².